The van der Waals surface area contributed by atoms with Crippen LogP contribution in [0.15, 0.2) is 48.5 Å². The Morgan fingerprint density at radius 1 is 0.933 bits per heavy atom. The first-order chi connectivity index (χ1) is 14.8. The van der Waals surface area contributed by atoms with Crippen molar-refractivity contribution in [3.8, 4) is 22.5 Å². The first kappa shape index (κ1) is 18.4. The maximum atomic E-state index is 4.66. The SMILES string of the molecule is Cc1nc2c(c(NCc3ccc(-c4ccccc4-c4nnn[nH]4)cc3)n1)CCCC2. The number of aryl methyl sites for hydroxylation is 2. The summed E-state index contributed by atoms with van der Waals surface area (Å²) in [4.78, 5) is 9.30. The molecule has 0 fully saturated rings. The van der Waals surface area contributed by atoms with Crippen LogP contribution in [-0.2, 0) is 19.4 Å². The van der Waals surface area contributed by atoms with Gasteiger partial charge in [-0.05, 0) is 59.7 Å². The van der Waals surface area contributed by atoms with Crippen molar-refractivity contribution < 1.29 is 0 Å². The van der Waals surface area contributed by atoms with E-state index in [2.05, 4.69) is 66.2 Å². The van der Waals surface area contributed by atoms with E-state index in [9.17, 15) is 0 Å². The van der Waals surface area contributed by atoms with E-state index in [-0.39, 0.29) is 0 Å². The van der Waals surface area contributed by atoms with Crippen LogP contribution < -0.4 is 5.32 Å². The Hall–Kier alpha value is -3.61. The summed E-state index contributed by atoms with van der Waals surface area (Å²) in [5.41, 5.74) is 6.91. The lowest BCUT2D eigenvalue weighted by Crippen LogP contribution is -2.13. The van der Waals surface area contributed by atoms with E-state index in [1.807, 2.05) is 25.1 Å². The topological polar surface area (TPSA) is 92.3 Å². The highest BCUT2D eigenvalue weighted by atomic mass is 15.5. The average molecular weight is 397 g/mol. The van der Waals surface area contributed by atoms with Crippen molar-refractivity contribution in [2.24, 2.45) is 0 Å². The molecule has 0 saturated heterocycles. The fraction of sp³-hybridized carbons (Fsp3) is 0.261. The van der Waals surface area contributed by atoms with E-state index in [0.717, 1.165) is 47.7 Å². The van der Waals surface area contributed by atoms with Gasteiger partial charge in [-0.2, -0.15) is 0 Å². The standard InChI is InChI=1S/C23H23N7/c1-15-25-21-9-5-4-8-20(21)22(26-15)24-14-16-10-12-17(13-11-16)18-6-2-3-7-19(18)23-27-29-30-28-23/h2-3,6-7,10-13H,4-5,8-9,14H2,1H3,(H,24,25,26)(H,27,28,29,30). The summed E-state index contributed by atoms with van der Waals surface area (Å²) >= 11 is 0. The van der Waals surface area contributed by atoms with Crippen molar-refractivity contribution in [2.45, 2.75) is 39.2 Å². The highest BCUT2D eigenvalue weighted by Gasteiger charge is 2.16. The van der Waals surface area contributed by atoms with Crippen LogP contribution in [0.4, 0.5) is 5.82 Å². The van der Waals surface area contributed by atoms with Crippen molar-refractivity contribution in [1.82, 2.24) is 30.6 Å². The third-order valence-electron chi connectivity index (χ3n) is 5.55. The third-order valence-corrected chi connectivity index (χ3v) is 5.55. The summed E-state index contributed by atoms with van der Waals surface area (Å²) < 4.78 is 0. The highest BCUT2D eigenvalue weighted by molar-refractivity contribution is 5.80. The van der Waals surface area contributed by atoms with Crippen molar-refractivity contribution in [3.63, 3.8) is 0 Å². The minimum Gasteiger partial charge on any atom is -0.366 e. The lowest BCUT2D eigenvalue weighted by Gasteiger charge is -2.19. The van der Waals surface area contributed by atoms with E-state index in [1.165, 1.54) is 29.7 Å². The number of nitrogens with one attached hydrogen (secondary N) is 2. The monoisotopic (exact) mass is 397 g/mol. The van der Waals surface area contributed by atoms with Crippen molar-refractivity contribution in [2.75, 3.05) is 5.32 Å². The second-order valence-electron chi connectivity index (χ2n) is 7.60. The molecule has 0 bridgehead atoms. The normalized spacial score (nSPS) is 13.1. The number of anilines is 1. The largest absolute Gasteiger partial charge is 0.366 e. The molecule has 0 atom stereocenters. The Morgan fingerprint density at radius 3 is 2.53 bits per heavy atom. The summed E-state index contributed by atoms with van der Waals surface area (Å²) in [5, 5.41) is 17.8. The molecule has 150 valence electrons. The van der Waals surface area contributed by atoms with E-state index in [1.54, 1.807) is 0 Å². The van der Waals surface area contributed by atoms with Gasteiger partial charge in [-0.1, -0.05) is 48.5 Å². The van der Waals surface area contributed by atoms with Crippen molar-refractivity contribution >= 4 is 5.82 Å². The quantitative estimate of drug-likeness (QED) is 0.526. The van der Waals surface area contributed by atoms with Crippen LogP contribution >= 0.6 is 0 Å². The number of fused-ring (bicyclic) bond motifs is 1. The molecule has 7 heteroatoms. The lowest BCUT2D eigenvalue weighted by molar-refractivity contribution is 0.659. The van der Waals surface area contributed by atoms with Crippen LogP contribution in [0.2, 0.25) is 0 Å². The Kier molecular flexibility index (Phi) is 4.93. The minimum atomic E-state index is 0.667. The van der Waals surface area contributed by atoms with E-state index >= 15 is 0 Å². The van der Waals surface area contributed by atoms with Gasteiger partial charge in [0.05, 0.1) is 0 Å². The van der Waals surface area contributed by atoms with E-state index in [4.69, 9.17) is 0 Å². The maximum Gasteiger partial charge on any atom is 0.180 e. The summed E-state index contributed by atoms with van der Waals surface area (Å²) in [6, 6.07) is 16.7. The first-order valence-electron chi connectivity index (χ1n) is 10.3. The molecule has 2 heterocycles. The molecule has 0 spiro atoms. The fourth-order valence-corrected chi connectivity index (χ4v) is 4.07. The van der Waals surface area contributed by atoms with Crippen LogP contribution in [-0.4, -0.2) is 30.6 Å². The zero-order valence-electron chi connectivity index (χ0n) is 16.9. The second-order valence-corrected chi connectivity index (χ2v) is 7.60. The Balaban J connectivity index is 1.36. The third kappa shape index (κ3) is 3.66. The number of hydrogen-bond donors (Lipinski definition) is 2. The number of nitrogens with zero attached hydrogens (tertiary/aromatic N) is 5. The van der Waals surface area contributed by atoms with E-state index in [0.29, 0.717) is 5.82 Å². The number of hydrogen-bond acceptors (Lipinski definition) is 6. The van der Waals surface area contributed by atoms with Gasteiger partial charge >= 0.3 is 0 Å². The van der Waals surface area contributed by atoms with Gasteiger partial charge in [-0.25, -0.2) is 15.1 Å². The van der Waals surface area contributed by atoms with Gasteiger partial charge in [0.25, 0.3) is 0 Å². The van der Waals surface area contributed by atoms with Crippen LogP contribution in [0.1, 0.15) is 35.5 Å². The lowest BCUT2D eigenvalue weighted by atomic mass is 9.96. The molecular formula is C23H23N7. The molecule has 2 N–H and O–H groups in total. The molecule has 0 aliphatic heterocycles. The molecule has 0 radical (unpaired) electrons. The summed E-state index contributed by atoms with van der Waals surface area (Å²) in [6.45, 7) is 2.70. The van der Waals surface area contributed by atoms with Gasteiger partial charge in [0.2, 0.25) is 0 Å². The molecule has 4 aromatic rings. The fourth-order valence-electron chi connectivity index (χ4n) is 4.07. The van der Waals surface area contributed by atoms with Crippen LogP contribution in [0.25, 0.3) is 22.5 Å². The number of aromatic nitrogens is 6. The van der Waals surface area contributed by atoms with Gasteiger partial charge in [0, 0.05) is 23.4 Å². The highest BCUT2D eigenvalue weighted by Crippen LogP contribution is 2.30. The van der Waals surface area contributed by atoms with Crippen LogP contribution in [0.3, 0.4) is 0 Å². The molecule has 5 rings (SSSR count). The first-order valence-corrected chi connectivity index (χ1v) is 10.3. The number of tetrazole rings is 1. The number of aromatic amines is 1. The van der Waals surface area contributed by atoms with Gasteiger partial charge in [0.15, 0.2) is 5.82 Å². The Labute approximate surface area is 175 Å². The minimum absolute atomic E-state index is 0.667. The van der Waals surface area contributed by atoms with Gasteiger partial charge < -0.3 is 5.32 Å². The number of benzene rings is 2. The zero-order chi connectivity index (χ0) is 20.3. The summed E-state index contributed by atoms with van der Waals surface area (Å²) in [5.74, 6) is 2.50. The second kappa shape index (κ2) is 8.02. The predicted octanol–water partition coefficient (Wildman–Crippen LogP) is 4.12. The molecule has 7 nitrogen and oxygen atoms in total. The van der Waals surface area contributed by atoms with E-state index < -0.39 is 0 Å². The van der Waals surface area contributed by atoms with Gasteiger partial charge in [-0.3, -0.25) is 0 Å². The number of rotatable bonds is 5. The Morgan fingerprint density at radius 2 is 1.73 bits per heavy atom. The van der Waals surface area contributed by atoms with Gasteiger partial charge in [-0.15, -0.1) is 5.10 Å². The smallest absolute Gasteiger partial charge is 0.180 e. The predicted molar refractivity (Wildman–Crippen MR) is 116 cm³/mol. The molecule has 2 aromatic heterocycles. The molecular weight excluding hydrogens is 374 g/mol. The van der Waals surface area contributed by atoms with Gasteiger partial charge in [0.1, 0.15) is 11.6 Å². The van der Waals surface area contributed by atoms with Crippen molar-refractivity contribution in [3.05, 3.63) is 71.2 Å². The maximum absolute atomic E-state index is 4.66. The Bertz CT molecular complexity index is 1150. The zero-order valence-corrected chi connectivity index (χ0v) is 16.9. The average Bonchev–Trinajstić information content (AvgIpc) is 3.33. The molecule has 0 unspecified atom stereocenters. The van der Waals surface area contributed by atoms with Crippen LogP contribution in [0.5, 0.6) is 0 Å². The molecule has 30 heavy (non-hydrogen) atoms. The molecule has 2 aromatic carbocycles. The molecule has 1 aliphatic carbocycles. The molecule has 0 amide bonds. The summed E-state index contributed by atoms with van der Waals surface area (Å²) in [7, 11) is 0. The van der Waals surface area contributed by atoms with Crippen molar-refractivity contribution in [1.29, 1.82) is 0 Å². The van der Waals surface area contributed by atoms with Crippen LogP contribution in [0, 0.1) is 6.92 Å². The molecule has 1 aliphatic rings. The molecule has 0 saturated carbocycles. The summed E-state index contributed by atoms with van der Waals surface area (Å²) in [6.07, 6.45) is 4.55. The number of H-pyrrole nitrogens is 1.